The fourth-order valence-electron chi connectivity index (χ4n) is 10.9. The SMILES string of the molecule is CC(C)[C@@H]1NC(=O)[C@@H](NC(=O)[C@H](Cc2ccc(O)cc2)NC(=O)[C@@H]2CCCN2CCCN)CSSC[C@@H](C(N)=O)NC(=O)[C@H](CO)NC(=O)[C@H](Cc2c[nH]c3ccccc23)NC(=O)[C@H](CC(=O)O)NC(=O)CCNC(=O)[C@H](CCCN=C(N)N)NC(=O)[C@H](Cc2ccc(O)cc2)NC1=O. The molecule has 0 unspecified atom stereocenters. The van der Waals surface area contributed by atoms with Crippen molar-refractivity contribution in [3.63, 3.8) is 0 Å². The summed E-state index contributed by atoms with van der Waals surface area (Å²) in [5, 5.41) is 67.1. The molecule has 538 valence electrons. The normalized spacial score (nSPS) is 22.9. The average Bonchev–Trinajstić information content (AvgIpc) is 1.74. The molecule has 99 heavy (non-hydrogen) atoms. The van der Waals surface area contributed by atoms with Crippen LogP contribution in [0.2, 0.25) is 0 Å². The Bertz CT molecular complexity index is 3500. The molecule has 2 aliphatic rings. The van der Waals surface area contributed by atoms with Crippen LogP contribution in [0.15, 0.2) is 84.0 Å². The van der Waals surface area contributed by atoms with Gasteiger partial charge < -0.3 is 102 Å². The van der Waals surface area contributed by atoms with Crippen molar-refractivity contribution in [2.24, 2.45) is 33.8 Å². The Morgan fingerprint density at radius 1 is 0.697 bits per heavy atom. The van der Waals surface area contributed by atoms with Gasteiger partial charge in [-0.3, -0.25) is 67.4 Å². The lowest BCUT2D eigenvalue weighted by Crippen LogP contribution is -2.61. The van der Waals surface area contributed by atoms with Crippen LogP contribution in [0.5, 0.6) is 11.5 Å². The van der Waals surface area contributed by atoms with Crippen LogP contribution in [-0.4, -0.2) is 218 Å². The van der Waals surface area contributed by atoms with Crippen LogP contribution in [-0.2, 0) is 76.8 Å². The third-order valence-electron chi connectivity index (χ3n) is 16.2. The number of carboxylic acid groups (broad SMARTS) is 1. The minimum atomic E-state index is -1.85. The van der Waals surface area contributed by atoms with Crippen LogP contribution in [0, 0.1) is 5.92 Å². The summed E-state index contributed by atoms with van der Waals surface area (Å²) >= 11 is 0. The van der Waals surface area contributed by atoms with Crippen molar-refractivity contribution in [3.05, 3.63) is 95.7 Å². The number of aliphatic hydroxyl groups is 1. The van der Waals surface area contributed by atoms with Gasteiger partial charge in [-0.25, -0.2) is 0 Å². The summed E-state index contributed by atoms with van der Waals surface area (Å²) in [6, 6.07) is 3.52. The number of H-pyrrole nitrogens is 1. The number of nitrogens with one attached hydrogen (secondary N) is 11. The van der Waals surface area contributed by atoms with Crippen molar-refractivity contribution >= 4 is 109 Å². The molecule has 2 fully saturated rings. The fraction of sp³-hybridized carbons (Fsp3) is 0.484. The highest BCUT2D eigenvalue weighted by Gasteiger charge is 2.38. The summed E-state index contributed by atoms with van der Waals surface area (Å²) in [5.74, 6) is -13.9. The number of aromatic nitrogens is 1. The molecule has 0 aliphatic carbocycles. The lowest BCUT2D eigenvalue weighted by Gasteiger charge is -2.29. The number of likely N-dealkylation sites (tertiary alicyclic amines) is 1. The first-order valence-electron chi connectivity index (χ1n) is 32.2. The van der Waals surface area contributed by atoms with Gasteiger partial charge in [-0.15, -0.1) is 0 Å². The first kappa shape index (κ1) is 78.3. The number of nitrogens with zero attached hydrogens (tertiary/aromatic N) is 2. The van der Waals surface area contributed by atoms with Crippen LogP contribution in [0.25, 0.3) is 10.9 Å². The molecule has 11 amide bonds. The highest BCUT2D eigenvalue weighted by atomic mass is 33.1. The van der Waals surface area contributed by atoms with E-state index in [1.807, 2.05) is 4.90 Å². The number of phenols is 2. The average molecular weight is 1420 g/mol. The van der Waals surface area contributed by atoms with E-state index >= 15 is 0 Å². The molecule has 0 bridgehead atoms. The van der Waals surface area contributed by atoms with E-state index in [0.717, 1.165) is 21.6 Å². The number of amides is 11. The maximum atomic E-state index is 14.9. The number of aliphatic imine (C=N–C) groups is 1. The molecule has 35 heteroatoms. The van der Waals surface area contributed by atoms with E-state index in [2.05, 4.69) is 63.1 Å². The van der Waals surface area contributed by atoms with E-state index in [1.54, 1.807) is 56.4 Å². The van der Waals surface area contributed by atoms with Gasteiger partial charge in [-0.05, 0) is 98.1 Å². The number of aliphatic hydroxyl groups excluding tert-OH is 1. The summed E-state index contributed by atoms with van der Waals surface area (Å²) in [4.78, 5) is 178. The predicted molar refractivity (Wildman–Crippen MR) is 367 cm³/mol. The third kappa shape index (κ3) is 25.0. The number of carbonyl (C=O) groups excluding carboxylic acids is 11. The number of hydrogen-bond donors (Lipinski definition) is 19. The molecule has 23 N–H and O–H groups in total. The third-order valence-corrected chi connectivity index (χ3v) is 18.7. The van der Waals surface area contributed by atoms with Crippen molar-refractivity contribution in [2.75, 3.05) is 50.8 Å². The molecule has 0 saturated carbocycles. The van der Waals surface area contributed by atoms with Crippen LogP contribution in [0.3, 0.4) is 0 Å². The summed E-state index contributed by atoms with van der Waals surface area (Å²) < 4.78 is 0. The van der Waals surface area contributed by atoms with Gasteiger partial charge in [-0.2, -0.15) is 0 Å². The molecule has 0 spiro atoms. The van der Waals surface area contributed by atoms with Gasteiger partial charge in [0, 0.05) is 73.9 Å². The first-order chi connectivity index (χ1) is 47.2. The number of aromatic amines is 1. The molecule has 10 atom stereocenters. The number of aliphatic carboxylic acids is 1. The maximum Gasteiger partial charge on any atom is 0.305 e. The summed E-state index contributed by atoms with van der Waals surface area (Å²) in [6.45, 7) is 3.10. The van der Waals surface area contributed by atoms with Crippen LogP contribution < -0.4 is 76.1 Å². The highest BCUT2D eigenvalue weighted by molar-refractivity contribution is 8.76. The van der Waals surface area contributed by atoms with E-state index < -0.39 is 163 Å². The largest absolute Gasteiger partial charge is 0.508 e. The fourth-order valence-corrected chi connectivity index (χ4v) is 13.2. The van der Waals surface area contributed by atoms with Crippen molar-refractivity contribution in [3.8, 4) is 11.5 Å². The number of benzene rings is 3. The Hall–Kier alpha value is -9.71. The van der Waals surface area contributed by atoms with Crippen LogP contribution >= 0.6 is 21.6 Å². The van der Waals surface area contributed by atoms with E-state index in [-0.39, 0.29) is 67.6 Å². The van der Waals surface area contributed by atoms with Crippen molar-refractivity contribution in [1.29, 1.82) is 0 Å². The number of primary amides is 1. The second-order valence-corrected chi connectivity index (χ2v) is 26.7. The molecule has 0 radical (unpaired) electrons. The zero-order valence-electron chi connectivity index (χ0n) is 54.8. The van der Waals surface area contributed by atoms with Gasteiger partial charge in [0.2, 0.25) is 65.0 Å². The number of guanidine groups is 1. The van der Waals surface area contributed by atoms with Crippen molar-refractivity contribution in [2.45, 2.75) is 138 Å². The maximum absolute atomic E-state index is 14.9. The van der Waals surface area contributed by atoms with Crippen LogP contribution in [0.1, 0.15) is 75.5 Å². The van der Waals surface area contributed by atoms with E-state index in [9.17, 15) is 78.0 Å². The number of aromatic hydroxyl groups is 2. The topological polar surface area (TPSA) is 542 Å². The second kappa shape index (κ2) is 39.0. The highest BCUT2D eigenvalue weighted by Crippen LogP contribution is 2.25. The summed E-state index contributed by atoms with van der Waals surface area (Å²) in [7, 11) is 1.77. The van der Waals surface area contributed by atoms with Gasteiger partial charge in [-0.1, -0.05) is 77.9 Å². The number of rotatable bonds is 22. The molecule has 3 aromatic carbocycles. The summed E-state index contributed by atoms with van der Waals surface area (Å²) in [5.41, 5.74) is 24.7. The minimum absolute atomic E-state index is 0.0163. The number of hydrogen-bond acceptors (Lipinski definition) is 20. The van der Waals surface area contributed by atoms with Gasteiger partial charge in [0.25, 0.3) is 0 Å². The Morgan fingerprint density at radius 3 is 1.96 bits per heavy atom. The molecule has 3 heterocycles. The Labute approximate surface area is 578 Å². The number of carboxylic acids is 1. The number of carbonyl (C=O) groups is 12. The molecule has 2 aliphatic heterocycles. The minimum Gasteiger partial charge on any atom is -0.508 e. The molecule has 1 aromatic heterocycles. The monoisotopic (exact) mass is 1420 g/mol. The summed E-state index contributed by atoms with van der Waals surface area (Å²) in [6.07, 6.45) is 0.955. The van der Waals surface area contributed by atoms with Gasteiger partial charge >= 0.3 is 5.97 Å². The van der Waals surface area contributed by atoms with Gasteiger partial charge in [0.15, 0.2) is 5.96 Å². The van der Waals surface area contributed by atoms with Crippen molar-refractivity contribution in [1.82, 2.24) is 63.1 Å². The van der Waals surface area contributed by atoms with Gasteiger partial charge in [0.05, 0.1) is 19.1 Å². The second-order valence-electron chi connectivity index (χ2n) is 24.2. The Balaban J connectivity index is 1.38. The number of phenolic OH excluding ortho intramolecular Hbond substituents is 2. The molecule has 2 saturated heterocycles. The lowest BCUT2D eigenvalue weighted by molar-refractivity contribution is -0.141. The smallest absolute Gasteiger partial charge is 0.305 e. The molecule has 33 nitrogen and oxygen atoms in total. The van der Waals surface area contributed by atoms with Gasteiger partial charge in [0.1, 0.15) is 65.9 Å². The number of fused-ring (bicyclic) bond motifs is 1. The van der Waals surface area contributed by atoms with Crippen molar-refractivity contribution < 1.29 is 78.0 Å². The first-order valence-corrected chi connectivity index (χ1v) is 34.7. The molecule has 4 aromatic rings. The Morgan fingerprint density at radius 2 is 1.31 bits per heavy atom. The zero-order valence-corrected chi connectivity index (χ0v) is 56.4. The van der Waals surface area contributed by atoms with E-state index in [0.29, 0.717) is 66.5 Å². The standard InChI is InChI=1S/C64H89N17O16S2/c1-34(2)53-63(97)76-44(27-36-14-18-39(84)19-15-36)56(90)73-42(10-5-22-70-64(67)68)55(89)69-23-20-51(85)72-46(29-52(86)87)59(93)74-45(28-37-30-71-41-9-4-3-8-40(37)41)58(92)77-47(31-82)60(94)78-48(54(66)88)32-98-99-33-49(61(95)80-53)79-57(91)43(26-35-12-16-38(83)17-13-35)75-62(96)50-11-6-24-81(50)25-7-21-65/h3-4,8-9,12-19,30,34,42-50,53,71,82-84H,5-7,10-11,20-29,31-33,65H2,1-2H3,(H2,66,88)(H,69,89)(H,72,85)(H,73,90)(H,74,93)(H,75,96)(H,76,97)(H,77,92)(H,78,94)(H,79,91)(H,80,95)(H,86,87)(H4,67,68,70)/t42-,43-,44-,45-,46-,47-,48-,49-,50-,53-/m0/s1. The molecular formula is C64H89N17O16S2. The van der Waals surface area contributed by atoms with Crippen LogP contribution in [0.4, 0.5) is 0 Å². The lowest BCUT2D eigenvalue weighted by atomic mass is 10.00. The predicted octanol–water partition coefficient (Wildman–Crippen LogP) is -3.65. The van der Waals surface area contributed by atoms with E-state index in [4.69, 9.17) is 22.9 Å². The van der Waals surface area contributed by atoms with E-state index in [1.165, 1.54) is 36.4 Å². The Kier molecular flexibility index (Phi) is 30.9. The molecule has 6 rings (SSSR count). The number of para-hydroxylation sites is 1. The zero-order chi connectivity index (χ0) is 72.3. The molecular weight excluding hydrogens is 1330 g/mol. The number of nitrogens with two attached hydrogens (primary N) is 4. The quantitative estimate of drug-likeness (QED) is 0.0156.